The number of piperidine rings is 1. The van der Waals surface area contributed by atoms with Crippen molar-refractivity contribution in [3.05, 3.63) is 0 Å². The van der Waals surface area contributed by atoms with E-state index in [1.165, 1.54) is 0 Å². The number of nitrogens with zero attached hydrogens (tertiary/aromatic N) is 2. The van der Waals surface area contributed by atoms with E-state index in [0.717, 1.165) is 12.8 Å². The van der Waals surface area contributed by atoms with Gasteiger partial charge >= 0.3 is 6.03 Å². The van der Waals surface area contributed by atoms with Crippen LogP contribution in [0, 0.1) is 5.92 Å². The Balaban J connectivity index is 2.43. The van der Waals surface area contributed by atoms with E-state index in [0.29, 0.717) is 19.6 Å². The lowest BCUT2D eigenvalue weighted by Gasteiger charge is -2.33. The van der Waals surface area contributed by atoms with E-state index >= 15 is 0 Å². The molecule has 1 saturated heterocycles. The lowest BCUT2D eigenvalue weighted by Crippen LogP contribution is -2.47. The van der Waals surface area contributed by atoms with Crippen molar-refractivity contribution in [3.63, 3.8) is 0 Å². The van der Waals surface area contributed by atoms with Crippen LogP contribution in [0.3, 0.4) is 0 Å². The van der Waals surface area contributed by atoms with E-state index in [1.807, 2.05) is 11.8 Å². The third-order valence-electron chi connectivity index (χ3n) is 3.18. The minimum atomic E-state index is 0.0675. The Morgan fingerprint density at radius 3 is 2.38 bits per heavy atom. The van der Waals surface area contributed by atoms with Crippen LogP contribution in [-0.4, -0.2) is 55.5 Å². The molecule has 1 fully saturated rings. The first-order valence-corrected chi connectivity index (χ1v) is 5.81. The van der Waals surface area contributed by atoms with Crippen LogP contribution < -0.4 is 5.32 Å². The maximum Gasteiger partial charge on any atom is 0.319 e. The molecule has 0 aliphatic carbocycles. The molecule has 0 aromatic carbocycles. The topological polar surface area (TPSA) is 52.7 Å². The molecule has 1 rings (SSSR count). The van der Waals surface area contributed by atoms with E-state index in [9.17, 15) is 9.59 Å². The zero-order valence-electron chi connectivity index (χ0n) is 10.3. The van der Waals surface area contributed by atoms with Gasteiger partial charge < -0.3 is 15.1 Å². The SMILES string of the molecule is CCN(C)C(=O)N1CCC(C(=O)NC)CC1. The maximum absolute atomic E-state index is 11.8. The molecule has 0 atom stereocenters. The summed E-state index contributed by atoms with van der Waals surface area (Å²) in [6, 6.07) is 0.0675. The average molecular weight is 227 g/mol. The van der Waals surface area contributed by atoms with Gasteiger partial charge in [0.05, 0.1) is 0 Å². The van der Waals surface area contributed by atoms with Gasteiger partial charge in [0.2, 0.25) is 5.91 Å². The Hall–Kier alpha value is -1.26. The van der Waals surface area contributed by atoms with E-state index in [-0.39, 0.29) is 17.9 Å². The van der Waals surface area contributed by atoms with Gasteiger partial charge in [-0.15, -0.1) is 0 Å². The Morgan fingerprint density at radius 2 is 1.94 bits per heavy atom. The molecule has 1 aliphatic heterocycles. The largest absolute Gasteiger partial charge is 0.359 e. The number of rotatable bonds is 2. The first-order valence-electron chi connectivity index (χ1n) is 5.81. The van der Waals surface area contributed by atoms with Crippen molar-refractivity contribution >= 4 is 11.9 Å². The van der Waals surface area contributed by atoms with E-state index in [1.54, 1.807) is 19.0 Å². The lowest BCUT2D eigenvalue weighted by molar-refractivity contribution is -0.125. The van der Waals surface area contributed by atoms with Crippen LogP contribution in [0.5, 0.6) is 0 Å². The van der Waals surface area contributed by atoms with Gasteiger partial charge in [0.1, 0.15) is 0 Å². The average Bonchev–Trinajstić information content (AvgIpc) is 2.36. The summed E-state index contributed by atoms with van der Waals surface area (Å²) in [6.45, 7) is 4.03. The quantitative estimate of drug-likeness (QED) is 0.747. The highest BCUT2D eigenvalue weighted by molar-refractivity contribution is 5.79. The molecule has 0 aromatic rings. The van der Waals surface area contributed by atoms with Gasteiger partial charge in [-0.25, -0.2) is 4.79 Å². The molecule has 0 spiro atoms. The molecule has 5 nitrogen and oxygen atoms in total. The third-order valence-corrected chi connectivity index (χ3v) is 3.18. The molecule has 5 heteroatoms. The Bertz CT molecular complexity index is 260. The van der Waals surface area contributed by atoms with Crippen LogP contribution in [0.4, 0.5) is 4.79 Å². The number of likely N-dealkylation sites (tertiary alicyclic amines) is 1. The second-order valence-electron chi connectivity index (χ2n) is 4.17. The van der Waals surface area contributed by atoms with Crippen molar-refractivity contribution < 1.29 is 9.59 Å². The molecule has 0 bridgehead atoms. The highest BCUT2D eigenvalue weighted by Gasteiger charge is 2.27. The number of amides is 3. The Morgan fingerprint density at radius 1 is 1.38 bits per heavy atom. The fourth-order valence-electron chi connectivity index (χ4n) is 1.91. The van der Waals surface area contributed by atoms with Gasteiger partial charge in [-0.3, -0.25) is 4.79 Å². The first kappa shape index (κ1) is 12.8. The van der Waals surface area contributed by atoms with Crippen LogP contribution in [0.25, 0.3) is 0 Å². The van der Waals surface area contributed by atoms with Gasteiger partial charge in [-0.1, -0.05) is 0 Å². The minimum Gasteiger partial charge on any atom is -0.359 e. The van der Waals surface area contributed by atoms with Gasteiger partial charge in [-0.05, 0) is 19.8 Å². The summed E-state index contributed by atoms with van der Waals surface area (Å²) in [4.78, 5) is 26.8. The van der Waals surface area contributed by atoms with E-state index in [2.05, 4.69) is 5.32 Å². The lowest BCUT2D eigenvalue weighted by atomic mass is 9.96. The summed E-state index contributed by atoms with van der Waals surface area (Å²) in [5.41, 5.74) is 0. The van der Waals surface area contributed by atoms with Crippen molar-refractivity contribution in [2.75, 3.05) is 33.7 Å². The molecule has 0 unspecified atom stereocenters. The smallest absolute Gasteiger partial charge is 0.319 e. The summed E-state index contributed by atoms with van der Waals surface area (Å²) in [7, 11) is 3.46. The normalized spacial score (nSPS) is 17.1. The van der Waals surface area contributed by atoms with Gasteiger partial charge in [-0.2, -0.15) is 0 Å². The predicted molar refractivity (Wildman–Crippen MR) is 62.1 cm³/mol. The number of carbonyl (C=O) groups is 2. The number of hydrogen-bond donors (Lipinski definition) is 1. The monoisotopic (exact) mass is 227 g/mol. The first-order chi connectivity index (χ1) is 7.60. The highest BCUT2D eigenvalue weighted by Crippen LogP contribution is 2.18. The van der Waals surface area contributed by atoms with Crippen LogP contribution in [0.2, 0.25) is 0 Å². The summed E-state index contributed by atoms with van der Waals surface area (Å²) < 4.78 is 0. The molecule has 3 amide bonds. The molecule has 1 heterocycles. The number of nitrogens with one attached hydrogen (secondary N) is 1. The van der Waals surface area contributed by atoms with Gasteiger partial charge in [0, 0.05) is 39.6 Å². The summed E-state index contributed by atoms with van der Waals surface area (Å²) in [6.07, 6.45) is 1.53. The summed E-state index contributed by atoms with van der Waals surface area (Å²) in [5.74, 6) is 0.164. The van der Waals surface area contributed by atoms with Gasteiger partial charge in [0.25, 0.3) is 0 Å². The molecule has 1 aliphatic rings. The highest BCUT2D eigenvalue weighted by atomic mass is 16.2. The number of hydrogen-bond acceptors (Lipinski definition) is 2. The minimum absolute atomic E-state index is 0.0675. The van der Waals surface area contributed by atoms with Crippen molar-refractivity contribution in [2.45, 2.75) is 19.8 Å². The van der Waals surface area contributed by atoms with Crippen LogP contribution in [0.1, 0.15) is 19.8 Å². The number of carbonyl (C=O) groups excluding carboxylic acids is 2. The molecular formula is C11H21N3O2. The molecule has 0 aromatic heterocycles. The third kappa shape index (κ3) is 2.87. The molecular weight excluding hydrogens is 206 g/mol. The second-order valence-corrected chi connectivity index (χ2v) is 4.17. The van der Waals surface area contributed by atoms with Crippen LogP contribution in [-0.2, 0) is 4.79 Å². The summed E-state index contributed by atoms with van der Waals surface area (Å²) in [5, 5.41) is 2.66. The maximum atomic E-state index is 11.8. The van der Waals surface area contributed by atoms with Crippen LogP contribution in [0.15, 0.2) is 0 Å². The van der Waals surface area contributed by atoms with E-state index in [4.69, 9.17) is 0 Å². The number of urea groups is 1. The van der Waals surface area contributed by atoms with Crippen LogP contribution >= 0.6 is 0 Å². The zero-order chi connectivity index (χ0) is 12.1. The second kappa shape index (κ2) is 5.72. The zero-order valence-corrected chi connectivity index (χ0v) is 10.3. The van der Waals surface area contributed by atoms with E-state index < -0.39 is 0 Å². The Kier molecular flexibility index (Phi) is 4.58. The molecule has 16 heavy (non-hydrogen) atoms. The fraction of sp³-hybridized carbons (Fsp3) is 0.818. The standard InChI is InChI=1S/C11H21N3O2/c1-4-13(3)11(16)14-7-5-9(6-8-14)10(15)12-2/h9H,4-8H2,1-3H3,(H,12,15). The predicted octanol–water partition coefficient (Wildman–Crippen LogP) is 0.516. The summed E-state index contributed by atoms with van der Waals surface area (Å²) >= 11 is 0. The molecule has 1 N–H and O–H groups in total. The fourth-order valence-corrected chi connectivity index (χ4v) is 1.91. The van der Waals surface area contributed by atoms with Crippen molar-refractivity contribution in [3.8, 4) is 0 Å². The van der Waals surface area contributed by atoms with Crippen molar-refractivity contribution in [1.29, 1.82) is 0 Å². The van der Waals surface area contributed by atoms with Crippen molar-refractivity contribution in [2.24, 2.45) is 5.92 Å². The van der Waals surface area contributed by atoms with Crippen molar-refractivity contribution in [1.82, 2.24) is 15.1 Å². The Labute approximate surface area is 96.8 Å². The van der Waals surface area contributed by atoms with Gasteiger partial charge in [0.15, 0.2) is 0 Å². The molecule has 92 valence electrons. The molecule has 0 saturated carbocycles. The molecule has 0 radical (unpaired) electrons.